The van der Waals surface area contributed by atoms with Gasteiger partial charge >= 0.3 is 5.69 Å². The van der Waals surface area contributed by atoms with Gasteiger partial charge in [-0.1, -0.05) is 0 Å². The molecule has 0 radical (unpaired) electrons. The standard InChI is InChI=1S/C10H15N3O2/c1-12-9(14)4-6-13(10(12)15)8-3-2-5-11-7-8/h4,6,8,11H,2-3,5,7H2,1H3/t8-/m1/s1. The molecular formula is C10H15N3O2. The van der Waals surface area contributed by atoms with Crippen molar-refractivity contribution in [1.29, 1.82) is 0 Å². The number of nitrogens with zero attached hydrogens (tertiary/aromatic N) is 2. The number of hydrogen-bond donors (Lipinski definition) is 1. The van der Waals surface area contributed by atoms with Gasteiger partial charge in [0.1, 0.15) is 0 Å². The molecular weight excluding hydrogens is 194 g/mol. The molecule has 15 heavy (non-hydrogen) atoms. The molecule has 0 amide bonds. The highest BCUT2D eigenvalue weighted by Crippen LogP contribution is 2.13. The first-order chi connectivity index (χ1) is 7.20. The summed E-state index contributed by atoms with van der Waals surface area (Å²) >= 11 is 0. The van der Waals surface area contributed by atoms with Crippen LogP contribution in [0.3, 0.4) is 0 Å². The van der Waals surface area contributed by atoms with E-state index < -0.39 is 0 Å². The molecule has 0 bridgehead atoms. The molecule has 0 unspecified atom stereocenters. The zero-order valence-electron chi connectivity index (χ0n) is 8.77. The lowest BCUT2D eigenvalue weighted by Crippen LogP contribution is -2.42. The van der Waals surface area contributed by atoms with Crippen LogP contribution in [-0.4, -0.2) is 22.2 Å². The van der Waals surface area contributed by atoms with Crippen LogP contribution < -0.4 is 16.6 Å². The van der Waals surface area contributed by atoms with Crippen molar-refractivity contribution in [3.8, 4) is 0 Å². The molecule has 0 saturated carbocycles. The van der Waals surface area contributed by atoms with Crippen LogP contribution in [0.4, 0.5) is 0 Å². The first kappa shape index (κ1) is 10.2. The van der Waals surface area contributed by atoms with Crippen LogP contribution in [0.5, 0.6) is 0 Å². The van der Waals surface area contributed by atoms with Gasteiger partial charge in [-0.05, 0) is 19.4 Å². The van der Waals surface area contributed by atoms with E-state index in [1.54, 1.807) is 10.8 Å². The summed E-state index contributed by atoms with van der Waals surface area (Å²) in [4.78, 5) is 23.0. The van der Waals surface area contributed by atoms with Gasteiger partial charge in [0.25, 0.3) is 5.56 Å². The average Bonchev–Trinajstić information content (AvgIpc) is 2.27. The summed E-state index contributed by atoms with van der Waals surface area (Å²) in [5.41, 5.74) is -0.476. The Morgan fingerprint density at radius 3 is 2.93 bits per heavy atom. The van der Waals surface area contributed by atoms with Crippen LogP contribution in [0.15, 0.2) is 21.9 Å². The van der Waals surface area contributed by atoms with E-state index in [1.165, 1.54) is 13.1 Å². The van der Waals surface area contributed by atoms with Gasteiger partial charge in [0.2, 0.25) is 0 Å². The normalized spacial score (nSPS) is 21.5. The molecule has 0 spiro atoms. The molecule has 5 heteroatoms. The Kier molecular flexibility index (Phi) is 2.73. The maximum absolute atomic E-state index is 11.8. The van der Waals surface area contributed by atoms with E-state index >= 15 is 0 Å². The predicted octanol–water partition coefficient (Wildman–Crippen LogP) is -0.528. The maximum Gasteiger partial charge on any atom is 0.330 e. The Hall–Kier alpha value is -1.36. The quantitative estimate of drug-likeness (QED) is 0.676. The van der Waals surface area contributed by atoms with Crippen LogP contribution >= 0.6 is 0 Å². The van der Waals surface area contributed by atoms with Gasteiger partial charge in [-0.2, -0.15) is 0 Å². The highest BCUT2D eigenvalue weighted by Gasteiger charge is 2.16. The first-order valence-corrected chi connectivity index (χ1v) is 5.19. The summed E-state index contributed by atoms with van der Waals surface area (Å²) in [6, 6.07) is 1.62. The minimum atomic E-state index is -0.250. The lowest BCUT2D eigenvalue weighted by atomic mass is 10.1. The second-order valence-electron chi connectivity index (χ2n) is 3.90. The van der Waals surface area contributed by atoms with Crippen molar-refractivity contribution in [3.05, 3.63) is 33.1 Å². The number of piperidine rings is 1. The highest BCUT2D eigenvalue weighted by molar-refractivity contribution is 4.89. The third-order valence-corrected chi connectivity index (χ3v) is 2.88. The Morgan fingerprint density at radius 2 is 2.27 bits per heavy atom. The third-order valence-electron chi connectivity index (χ3n) is 2.88. The van der Waals surface area contributed by atoms with Crippen molar-refractivity contribution in [2.75, 3.05) is 13.1 Å². The molecule has 5 nitrogen and oxygen atoms in total. The molecule has 1 aliphatic heterocycles. The summed E-state index contributed by atoms with van der Waals surface area (Å²) in [6.45, 7) is 1.81. The number of aromatic nitrogens is 2. The fourth-order valence-electron chi connectivity index (χ4n) is 1.94. The van der Waals surface area contributed by atoms with Crippen molar-refractivity contribution < 1.29 is 0 Å². The van der Waals surface area contributed by atoms with Gasteiger partial charge in [0, 0.05) is 25.9 Å². The Morgan fingerprint density at radius 1 is 1.47 bits per heavy atom. The SMILES string of the molecule is Cn1c(=O)ccn([C@@H]2CCCNC2)c1=O. The van der Waals surface area contributed by atoms with Gasteiger partial charge in [-0.15, -0.1) is 0 Å². The molecule has 0 aromatic carbocycles. The second-order valence-corrected chi connectivity index (χ2v) is 3.90. The summed E-state index contributed by atoms with van der Waals surface area (Å²) in [5, 5.41) is 3.25. The summed E-state index contributed by atoms with van der Waals surface area (Å²) in [5.74, 6) is 0. The Bertz CT molecular complexity index is 454. The van der Waals surface area contributed by atoms with E-state index in [-0.39, 0.29) is 17.3 Å². The monoisotopic (exact) mass is 209 g/mol. The lowest BCUT2D eigenvalue weighted by Gasteiger charge is -2.24. The molecule has 0 aliphatic carbocycles. The fraction of sp³-hybridized carbons (Fsp3) is 0.600. The van der Waals surface area contributed by atoms with Gasteiger partial charge in [0.15, 0.2) is 0 Å². The van der Waals surface area contributed by atoms with E-state index in [0.29, 0.717) is 0 Å². The van der Waals surface area contributed by atoms with Gasteiger partial charge < -0.3 is 5.32 Å². The highest BCUT2D eigenvalue weighted by atomic mass is 16.2. The first-order valence-electron chi connectivity index (χ1n) is 5.19. The third kappa shape index (κ3) is 1.87. The van der Waals surface area contributed by atoms with Crippen LogP contribution in [0.1, 0.15) is 18.9 Å². The minimum Gasteiger partial charge on any atom is -0.315 e. The zero-order valence-corrected chi connectivity index (χ0v) is 8.77. The van der Waals surface area contributed by atoms with Gasteiger partial charge in [-0.3, -0.25) is 13.9 Å². The van der Waals surface area contributed by atoms with Crippen molar-refractivity contribution in [2.45, 2.75) is 18.9 Å². The second kappa shape index (κ2) is 4.02. The molecule has 2 heterocycles. The predicted molar refractivity (Wildman–Crippen MR) is 57.1 cm³/mol. The van der Waals surface area contributed by atoms with E-state index in [1.807, 2.05) is 0 Å². The van der Waals surface area contributed by atoms with Crippen molar-refractivity contribution in [2.24, 2.45) is 7.05 Å². The number of rotatable bonds is 1. The molecule has 1 aromatic heterocycles. The van der Waals surface area contributed by atoms with Crippen LogP contribution in [0, 0.1) is 0 Å². The Labute approximate surface area is 87.3 Å². The van der Waals surface area contributed by atoms with Crippen molar-refractivity contribution in [1.82, 2.24) is 14.5 Å². The van der Waals surface area contributed by atoms with Gasteiger partial charge in [0.05, 0.1) is 6.04 Å². The summed E-state index contributed by atoms with van der Waals surface area (Å²) < 4.78 is 2.79. The topological polar surface area (TPSA) is 56.0 Å². The molecule has 82 valence electrons. The Balaban J connectivity index is 2.40. The number of nitrogens with one attached hydrogen (secondary N) is 1. The summed E-state index contributed by atoms with van der Waals surface area (Å²) in [7, 11) is 1.51. The molecule has 2 rings (SSSR count). The van der Waals surface area contributed by atoms with E-state index in [0.717, 1.165) is 30.5 Å². The average molecular weight is 209 g/mol. The molecule has 1 saturated heterocycles. The van der Waals surface area contributed by atoms with Gasteiger partial charge in [-0.25, -0.2) is 4.79 Å². The van der Waals surface area contributed by atoms with Crippen LogP contribution in [-0.2, 0) is 7.05 Å². The zero-order chi connectivity index (χ0) is 10.8. The van der Waals surface area contributed by atoms with Crippen molar-refractivity contribution >= 4 is 0 Å². The number of hydrogen-bond acceptors (Lipinski definition) is 3. The molecule has 1 aromatic rings. The lowest BCUT2D eigenvalue weighted by molar-refractivity contribution is 0.354. The minimum absolute atomic E-state index is 0.179. The molecule has 1 atom stereocenters. The van der Waals surface area contributed by atoms with Crippen LogP contribution in [0.25, 0.3) is 0 Å². The molecule has 1 N–H and O–H groups in total. The van der Waals surface area contributed by atoms with E-state index in [2.05, 4.69) is 5.32 Å². The fourth-order valence-corrected chi connectivity index (χ4v) is 1.94. The van der Waals surface area contributed by atoms with Crippen LogP contribution in [0.2, 0.25) is 0 Å². The summed E-state index contributed by atoms with van der Waals surface area (Å²) in [6.07, 6.45) is 3.66. The van der Waals surface area contributed by atoms with E-state index in [4.69, 9.17) is 0 Å². The maximum atomic E-state index is 11.8. The molecule has 1 fully saturated rings. The molecule has 1 aliphatic rings. The van der Waals surface area contributed by atoms with E-state index in [9.17, 15) is 9.59 Å². The van der Waals surface area contributed by atoms with Crippen molar-refractivity contribution in [3.63, 3.8) is 0 Å². The largest absolute Gasteiger partial charge is 0.330 e. The smallest absolute Gasteiger partial charge is 0.315 e.